The second-order valence-electron chi connectivity index (χ2n) is 3.95. The van der Waals surface area contributed by atoms with Crippen LogP contribution in [0.5, 0.6) is 0 Å². The van der Waals surface area contributed by atoms with E-state index in [9.17, 15) is 4.39 Å². The first kappa shape index (κ1) is 12.9. The Balaban J connectivity index is 2.82. The van der Waals surface area contributed by atoms with E-state index in [-0.39, 0.29) is 5.82 Å². The van der Waals surface area contributed by atoms with Gasteiger partial charge in [0.25, 0.3) is 0 Å². The van der Waals surface area contributed by atoms with Crippen molar-refractivity contribution >= 4 is 6.08 Å². The predicted octanol–water partition coefficient (Wildman–Crippen LogP) is 3.54. The highest BCUT2D eigenvalue weighted by atomic mass is 19.1. The lowest BCUT2D eigenvalue weighted by Gasteiger charge is -2.06. The number of nitrogens with one attached hydrogen (secondary N) is 1. The molecule has 0 amide bonds. The zero-order valence-electron chi connectivity index (χ0n) is 10.3. The average molecular weight is 221 g/mol. The fraction of sp³-hybridized carbons (Fsp3) is 0.429. The van der Waals surface area contributed by atoms with Crippen LogP contribution in [-0.2, 0) is 0 Å². The Hall–Kier alpha value is -1.15. The van der Waals surface area contributed by atoms with Crippen LogP contribution in [0.25, 0.3) is 6.08 Å². The summed E-state index contributed by atoms with van der Waals surface area (Å²) in [4.78, 5) is 0. The molecule has 0 spiro atoms. The molecule has 16 heavy (non-hydrogen) atoms. The van der Waals surface area contributed by atoms with E-state index in [1.807, 2.05) is 12.1 Å². The van der Waals surface area contributed by atoms with Crippen LogP contribution < -0.4 is 5.32 Å². The molecule has 0 aliphatic rings. The van der Waals surface area contributed by atoms with Crippen molar-refractivity contribution in [1.29, 1.82) is 0 Å². The highest BCUT2D eigenvalue weighted by molar-refractivity contribution is 5.53. The Labute approximate surface area is 97.4 Å². The highest BCUT2D eigenvalue weighted by Gasteiger charge is 1.99. The molecular weight excluding hydrogens is 201 g/mol. The van der Waals surface area contributed by atoms with Gasteiger partial charge < -0.3 is 5.32 Å². The topological polar surface area (TPSA) is 12.0 Å². The summed E-state index contributed by atoms with van der Waals surface area (Å²) in [7, 11) is 0. The monoisotopic (exact) mass is 221 g/mol. The third-order valence-electron chi connectivity index (χ3n) is 2.62. The van der Waals surface area contributed by atoms with Crippen LogP contribution in [0.1, 0.15) is 31.4 Å². The molecule has 0 saturated heterocycles. The van der Waals surface area contributed by atoms with Gasteiger partial charge in [-0.25, -0.2) is 4.39 Å². The fourth-order valence-electron chi connectivity index (χ4n) is 1.50. The van der Waals surface area contributed by atoms with E-state index >= 15 is 0 Å². The summed E-state index contributed by atoms with van der Waals surface area (Å²) in [6.45, 7) is 7.82. The quantitative estimate of drug-likeness (QED) is 0.802. The van der Waals surface area contributed by atoms with Gasteiger partial charge in [-0.1, -0.05) is 37.6 Å². The molecule has 0 aliphatic heterocycles. The van der Waals surface area contributed by atoms with Gasteiger partial charge in [0, 0.05) is 6.54 Å². The maximum Gasteiger partial charge on any atom is 0.126 e. The molecule has 0 fully saturated rings. The summed E-state index contributed by atoms with van der Waals surface area (Å²) in [5.41, 5.74) is 2.94. The van der Waals surface area contributed by atoms with Crippen molar-refractivity contribution in [2.24, 2.45) is 0 Å². The van der Waals surface area contributed by atoms with Crippen molar-refractivity contribution in [3.05, 3.63) is 40.7 Å². The standard InChI is InChI=1S/C14H20FN/c1-4-12(10-16-5-2)8-13-7-6-11(3)14(15)9-13/h6-9,16H,4-5,10H2,1-3H3. The van der Waals surface area contributed by atoms with Crippen LogP contribution in [0, 0.1) is 12.7 Å². The molecule has 1 rings (SSSR count). The molecule has 0 heterocycles. The third kappa shape index (κ3) is 3.78. The van der Waals surface area contributed by atoms with Crippen molar-refractivity contribution in [2.45, 2.75) is 27.2 Å². The first-order chi connectivity index (χ1) is 7.67. The summed E-state index contributed by atoms with van der Waals surface area (Å²) < 4.78 is 13.3. The summed E-state index contributed by atoms with van der Waals surface area (Å²) in [6, 6.07) is 5.37. The lowest BCUT2D eigenvalue weighted by Crippen LogP contribution is -2.15. The van der Waals surface area contributed by atoms with Crippen LogP contribution in [0.2, 0.25) is 0 Å². The number of halogens is 1. The number of aryl methyl sites for hydroxylation is 1. The normalized spacial score (nSPS) is 11.9. The molecule has 1 aromatic rings. The average Bonchev–Trinajstić information content (AvgIpc) is 2.29. The lowest BCUT2D eigenvalue weighted by atomic mass is 10.1. The van der Waals surface area contributed by atoms with Crippen LogP contribution >= 0.6 is 0 Å². The summed E-state index contributed by atoms with van der Waals surface area (Å²) in [5, 5.41) is 3.28. The molecule has 1 nitrogen and oxygen atoms in total. The molecule has 0 radical (unpaired) electrons. The van der Waals surface area contributed by atoms with Gasteiger partial charge in [-0.2, -0.15) is 0 Å². The minimum atomic E-state index is -0.132. The largest absolute Gasteiger partial charge is 0.313 e. The molecule has 0 aliphatic carbocycles. The maximum atomic E-state index is 13.3. The first-order valence-corrected chi connectivity index (χ1v) is 5.83. The minimum Gasteiger partial charge on any atom is -0.313 e. The molecule has 0 atom stereocenters. The molecule has 1 N–H and O–H groups in total. The van der Waals surface area contributed by atoms with Crippen LogP contribution in [0.15, 0.2) is 23.8 Å². The Bertz CT molecular complexity index is 369. The lowest BCUT2D eigenvalue weighted by molar-refractivity contribution is 0.618. The Morgan fingerprint density at radius 2 is 2.12 bits per heavy atom. The number of hydrogen-bond donors (Lipinski definition) is 1. The number of hydrogen-bond acceptors (Lipinski definition) is 1. The first-order valence-electron chi connectivity index (χ1n) is 5.83. The van der Waals surface area contributed by atoms with Gasteiger partial charge in [-0.3, -0.25) is 0 Å². The molecule has 1 aromatic carbocycles. The maximum absolute atomic E-state index is 13.3. The Kier molecular flexibility index (Phi) is 5.20. The second kappa shape index (κ2) is 6.44. The van der Waals surface area contributed by atoms with Crippen molar-refractivity contribution in [1.82, 2.24) is 5.32 Å². The van der Waals surface area contributed by atoms with E-state index in [0.717, 1.165) is 25.1 Å². The Morgan fingerprint density at radius 3 is 2.69 bits per heavy atom. The molecule has 88 valence electrons. The van der Waals surface area contributed by atoms with E-state index in [2.05, 4.69) is 25.2 Å². The predicted molar refractivity (Wildman–Crippen MR) is 67.9 cm³/mol. The van der Waals surface area contributed by atoms with Gasteiger partial charge in [0.1, 0.15) is 5.82 Å². The third-order valence-corrected chi connectivity index (χ3v) is 2.62. The van der Waals surface area contributed by atoms with Crippen molar-refractivity contribution in [3.8, 4) is 0 Å². The van der Waals surface area contributed by atoms with Gasteiger partial charge in [0.15, 0.2) is 0 Å². The van der Waals surface area contributed by atoms with Crippen LogP contribution in [0.4, 0.5) is 4.39 Å². The van der Waals surface area contributed by atoms with E-state index in [0.29, 0.717) is 5.56 Å². The summed E-state index contributed by atoms with van der Waals surface area (Å²) in [5.74, 6) is -0.132. The number of likely N-dealkylation sites (N-methyl/N-ethyl adjacent to an activating group) is 1. The van der Waals surface area contributed by atoms with E-state index in [1.54, 1.807) is 13.0 Å². The molecule has 0 bridgehead atoms. The van der Waals surface area contributed by atoms with E-state index in [4.69, 9.17) is 0 Å². The smallest absolute Gasteiger partial charge is 0.126 e. The summed E-state index contributed by atoms with van der Waals surface area (Å²) in [6.07, 6.45) is 3.05. The van der Waals surface area contributed by atoms with Gasteiger partial charge in [-0.15, -0.1) is 0 Å². The number of benzene rings is 1. The van der Waals surface area contributed by atoms with Crippen molar-refractivity contribution in [2.75, 3.05) is 13.1 Å². The van der Waals surface area contributed by atoms with Gasteiger partial charge in [-0.05, 0) is 37.1 Å². The SMILES string of the molecule is CCNCC(=Cc1ccc(C)c(F)c1)CC. The molecular formula is C14H20FN. The van der Waals surface area contributed by atoms with Gasteiger partial charge >= 0.3 is 0 Å². The summed E-state index contributed by atoms with van der Waals surface area (Å²) >= 11 is 0. The van der Waals surface area contributed by atoms with Crippen molar-refractivity contribution < 1.29 is 4.39 Å². The minimum absolute atomic E-state index is 0.132. The highest BCUT2D eigenvalue weighted by Crippen LogP contribution is 2.13. The van der Waals surface area contributed by atoms with Gasteiger partial charge in [0.2, 0.25) is 0 Å². The zero-order chi connectivity index (χ0) is 12.0. The van der Waals surface area contributed by atoms with E-state index < -0.39 is 0 Å². The van der Waals surface area contributed by atoms with Crippen LogP contribution in [-0.4, -0.2) is 13.1 Å². The van der Waals surface area contributed by atoms with E-state index in [1.165, 1.54) is 5.57 Å². The molecule has 2 heteroatoms. The molecule has 0 saturated carbocycles. The Morgan fingerprint density at radius 1 is 1.38 bits per heavy atom. The molecule has 0 aromatic heterocycles. The van der Waals surface area contributed by atoms with Crippen molar-refractivity contribution in [3.63, 3.8) is 0 Å². The number of rotatable bonds is 5. The van der Waals surface area contributed by atoms with Crippen LogP contribution in [0.3, 0.4) is 0 Å². The second-order valence-corrected chi connectivity index (χ2v) is 3.95. The zero-order valence-corrected chi connectivity index (χ0v) is 10.3. The fourth-order valence-corrected chi connectivity index (χ4v) is 1.50. The van der Waals surface area contributed by atoms with Gasteiger partial charge in [0.05, 0.1) is 0 Å². The molecule has 0 unspecified atom stereocenters.